The van der Waals surface area contributed by atoms with Gasteiger partial charge in [-0.1, -0.05) is 0 Å². The van der Waals surface area contributed by atoms with Crippen molar-refractivity contribution >= 4 is 29.3 Å². The summed E-state index contributed by atoms with van der Waals surface area (Å²) in [4.78, 5) is 23.8. The highest BCUT2D eigenvalue weighted by Gasteiger charge is 2.16. The van der Waals surface area contributed by atoms with Gasteiger partial charge >= 0.3 is 0 Å². The highest BCUT2D eigenvalue weighted by atomic mass is 32.2. The zero-order valence-corrected chi connectivity index (χ0v) is 9.69. The van der Waals surface area contributed by atoms with E-state index in [0.29, 0.717) is 17.9 Å². The molecular formula is C11H12N2O2S. The Morgan fingerprint density at radius 3 is 3.12 bits per heavy atom. The summed E-state index contributed by atoms with van der Waals surface area (Å²) in [6, 6.07) is 5.35. The number of fused-ring (bicyclic) bond motifs is 1. The molecule has 2 rings (SSSR count). The van der Waals surface area contributed by atoms with Crippen LogP contribution in [0.4, 0.5) is 5.69 Å². The van der Waals surface area contributed by atoms with E-state index in [1.165, 1.54) is 11.8 Å². The van der Waals surface area contributed by atoms with E-state index in [2.05, 4.69) is 10.6 Å². The van der Waals surface area contributed by atoms with Crippen LogP contribution in [-0.4, -0.2) is 24.1 Å². The quantitative estimate of drug-likeness (QED) is 0.817. The number of hydrogen-bond acceptors (Lipinski definition) is 3. The Kier molecular flexibility index (Phi) is 3.14. The molecule has 1 heterocycles. The van der Waals surface area contributed by atoms with Gasteiger partial charge in [0.05, 0.1) is 11.4 Å². The SMILES string of the molecule is CCNC(=O)c1ccc2c(c1)NC(=O)CS2. The highest BCUT2D eigenvalue weighted by molar-refractivity contribution is 8.00. The van der Waals surface area contributed by atoms with Crippen LogP contribution in [0.5, 0.6) is 0 Å². The lowest BCUT2D eigenvalue weighted by atomic mass is 10.2. The Balaban J connectivity index is 2.27. The van der Waals surface area contributed by atoms with Crippen LogP contribution in [0.15, 0.2) is 23.1 Å². The van der Waals surface area contributed by atoms with Crippen LogP contribution in [0.1, 0.15) is 17.3 Å². The molecule has 0 aliphatic carbocycles. The minimum Gasteiger partial charge on any atom is -0.352 e. The Morgan fingerprint density at radius 2 is 2.38 bits per heavy atom. The molecule has 1 aromatic carbocycles. The number of benzene rings is 1. The number of thioether (sulfide) groups is 1. The monoisotopic (exact) mass is 236 g/mol. The minimum absolute atomic E-state index is 0.0226. The van der Waals surface area contributed by atoms with Crippen LogP contribution >= 0.6 is 11.8 Å². The maximum Gasteiger partial charge on any atom is 0.251 e. The van der Waals surface area contributed by atoms with Crippen molar-refractivity contribution < 1.29 is 9.59 Å². The van der Waals surface area contributed by atoms with Crippen LogP contribution in [-0.2, 0) is 4.79 Å². The minimum atomic E-state index is -0.116. The van der Waals surface area contributed by atoms with Gasteiger partial charge < -0.3 is 10.6 Å². The summed E-state index contributed by atoms with van der Waals surface area (Å²) >= 11 is 1.49. The normalized spacial score (nSPS) is 13.9. The maximum atomic E-state index is 11.6. The van der Waals surface area contributed by atoms with Gasteiger partial charge in [0, 0.05) is 17.0 Å². The molecule has 0 unspecified atom stereocenters. The molecule has 2 amide bonds. The summed E-state index contributed by atoms with van der Waals surface area (Å²) < 4.78 is 0. The fourth-order valence-electron chi connectivity index (χ4n) is 1.49. The van der Waals surface area contributed by atoms with E-state index in [9.17, 15) is 9.59 Å². The topological polar surface area (TPSA) is 58.2 Å². The molecule has 0 radical (unpaired) electrons. The fourth-order valence-corrected chi connectivity index (χ4v) is 2.28. The second-order valence-electron chi connectivity index (χ2n) is 3.41. The predicted octanol–water partition coefficient (Wildman–Crippen LogP) is 1.48. The molecule has 4 nitrogen and oxygen atoms in total. The van der Waals surface area contributed by atoms with E-state index in [0.717, 1.165) is 10.6 Å². The third-order valence-corrected chi connectivity index (χ3v) is 3.29. The van der Waals surface area contributed by atoms with E-state index in [1.54, 1.807) is 12.1 Å². The number of hydrogen-bond donors (Lipinski definition) is 2. The van der Waals surface area contributed by atoms with Gasteiger partial charge in [-0.25, -0.2) is 0 Å². The molecule has 0 saturated carbocycles. The summed E-state index contributed by atoms with van der Waals surface area (Å²) in [7, 11) is 0. The number of carbonyl (C=O) groups is 2. The molecule has 0 fully saturated rings. The lowest BCUT2D eigenvalue weighted by molar-refractivity contribution is -0.113. The summed E-state index contributed by atoms with van der Waals surface area (Å²) in [6.45, 7) is 2.46. The van der Waals surface area contributed by atoms with Crippen molar-refractivity contribution in [2.45, 2.75) is 11.8 Å². The van der Waals surface area contributed by atoms with Crippen molar-refractivity contribution in [1.29, 1.82) is 0 Å². The summed E-state index contributed by atoms with van der Waals surface area (Å²) in [5.41, 5.74) is 1.30. The summed E-state index contributed by atoms with van der Waals surface area (Å²) in [5.74, 6) is 0.300. The molecule has 5 heteroatoms. The molecule has 84 valence electrons. The van der Waals surface area contributed by atoms with Gasteiger partial charge in [0.2, 0.25) is 5.91 Å². The average Bonchev–Trinajstić information content (AvgIpc) is 2.28. The van der Waals surface area contributed by atoms with Gasteiger partial charge in [-0.2, -0.15) is 0 Å². The van der Waals surface area contributed by atoms with Gasteiger partial charge in [0.1, 0.15) is 0 Å². The first-order chi connectivity index (χ1) is 7.70. The van der Waals surface area contributed by atoms with Crippen molar-refractivity contribution in [3.05, 3.63) is 23.8 Å². The number of rotatable bonds is 2. The Labute approximate surface area is 97.8 Å². The van der Waals surface area contributed by atoms with Gasteiger partial charge in [-0.15, -0.1) is 11.8 Å². The average molecular weight is 236 g/mol. The third-order valence-electron chi connectivity index (χ3n) is 2.21. The van der Waals surface area contributed by atoms with Crippen LogP contribution < -0.4 is 10.6 Å². The second-order valence-corrected chi connectivity index (χ2v) is 4.42. The van der Waals surface area contributed by atoms with Gasteiger partial charge in [-0.3, -0.25) is 9.59 Å². The Morgan fingerprint density at radius 1 is 1.56 bits per heavy atom. The van der Waals surface area contributed by atoms with Crippen LogP contribution in [0.25, 0.3) is 0 Å². The molecule has 2 N–H and O–H groups in total. The van der Waals surface area contributed by atoms with Gasteiger partial charge in [0.15, 0.2) is 0 Å². The van der Waals surface area contributed by atoms with Crippen molar-refractivity contribution in [3.8, 4) is 0 Å². The van der Waals surface area contributed by atoms with Crippen molar-refractivity contribution in [3.63, 3.8) is 0 Å². The number of amides is 2. The number of anilines is 1. The van der Waals surface area contributed by atoms with E-state index in [4.69, 9.17) is 0 Å². The van der Waals surface area contributed by atoms with Crippen LogP contribution in [0, 0.1) is 0 Å². The molecule has 0 saturated heterocycles. The first-order valence-electron chi connectivity index (χ1n) is 5.05. The lowest BCUT2D eigenvalue weighted by Crippen LogP contribution is -2.24. The largest absolute Gasteiger partial charge is 0.352 e. The standard InChI is InChI=1S/C11H12N2O2S/c1-2-12-11(15)7-3-4-9-8(5-7)13-10(14)6-16-9/h3-5H,2,6H2,1H3,(H,12,15)(H,13,14). The smallest absolute Gasteiger partial charge is 0.251 e. The van der Waals surface area contributed by atoms with Gasteiger partial charge in [-0.05, 0) is 25.1 Å². The Hall–Kier alpha value is -1.49. The molecule has 0 bridgehead atoms. The zero-order valence-electron chi connectivity index (χ0n) is 8.87. The van der Waals surface area contributed by atoms with E-state index in [-0.39, 0.29) is 11.8 Å². The van der Waals surface area contributed by atoms with E-state index in [1.807, 2.05) is 13.0 Å². The summed E-state index contributed by atoms with van der Waals surface area (Å²) in [5, 5.41) is 5.48. The zero-order chi connectivity index (χ0) is 11.5. The number of nitrogens with one attached hydrogen (secondary N) is 2. The van der Waals surface area contributed by atoms with Crippen molar-refractivity contribution in [2.24, 2.45) is 0 Å². The predicted molar refractivity (Wildman–Crippen MR) is 63.8 cm³/mol. The fraction of sp³-hybridized carbons (Fsp3) is 0.273. The first kappa shape index (κ1) is 11.0. The first-order valence-corrected chi connectivity index (χ1v) is 6.04. The molecular weight excluding hydrogens is 224 g/mol. The molecule has 1 aromatic rings. The number of carbonyl (C=O) groups excluding carboxylic acids is 2. The third kappa shape index (κ3) is 2.19. The lowest BCUT2D eigenvalue weighted by Gasteiger charge is -2.16. The van der Waals surface area contributed by atoms with Crippen molar-refractivity contribution in [1.82, 2.24) is 5.32 Å². The highest BCUT2D eigenvalue weighted by Crippen LogP contribution is 2.31. The summed E-state index contributed by atoms with van der Waals surface area (Å²) in [6.07, 6.45) is 0. The molecule has 0 atom stereocenters. The molecule has 1 aliphatic rings. The molecule has 16 heavy (non-hydrogen) atoms. The van der Waals surface area contributed by atoms with Crippen molar-refractivity contribution in [2.75, 3.05) is 17.6 Å². The van der Waals surface area contributed by atoms with E-state index >= 15 is 0 Å². The molecule has 0 spiro atoms. The maximum absolute atomic E-state index is 11.6. The Bertz CT molecular complexity index is 446. The van der Waals surface area contributed by atoms with Crippen LogP contribution in [0.3, 0.4) is 0 Å². The molecule has 0 aromatic heterocycles. The van der Waals surface area contributed by atoms with E-state index < -0.39 is 0 Å². The van der Waals surface area contributed by atoms with Gasteiger partial charge in [0.25, 0.3) is 5.91 Å². The molecule has 1 aliphatic heterocycles. The second kappa shape index (κ2) is 4.57. The van der Waals surface area contributed by atoms with Crippen LogP contribution in [0.2, 0.25) is 0 Å².